The average Bonchev–Trinajstić information content (AvgIpc) is 2.38. The van der Waals surface area contributed by atoms with Gasteiger partial charge < -0.3 is 5.11 Å². The minimum atomic E-state index is -0.933. The molecule has 1 saturated carbocycles. The van der Waals surface area contributed by atoms with Crippen molar-refractivity contribution in [3.8, 4) is 0 Å². The summed E-state index contributed by atoms with van der Waals surface area (Å²) in [6.07, 6.45) is 2.72. The molecule has 0 amide bonds. The molecule has 3 heteroatoms. The Kier molecular flexibility index (Phi) is 2.79. The largest absolute Gasteiger partial charge is 0.481 e. The molecule has 2 aliphatic carbocycles. The summed E-state index contributed by atoms with van der Waals surface area (Å²) < 4.78 is 0. The highest BCUT2D eigenvalue weighted by Crippen LogP contribution is 2.55. The van der Waals surface area contributed by atoms with Crippen LogP contribution >= 0.6 is 0 Å². The summed E-state index contributed by atoms with van der Waals surface area (Å²) in [6, 6.07) is 8.02. The van der Waals surface area contributed by atoms with Crippen LogP contribution in [0.5, 0.6) is 0 Å². The molecule has 20 heavy (non-hydrogen) atoms. The fraction of sp³-hybridized carbons (Fsp3) is 0.529. The van der Waals surface area contributed by atoms with E-state index in [0.717, 1.165) is 18.4 Å². The summed E-state index contributed by atoms with van der Waals surface area (Å²) in [5.41, 5.74) is 0.984. The predicted octanol–water partition coefficient (Wildman–Crippen LogP) is 2.96. The molecule has 3 nitrogen and oxygen atoms in total. The van der Waals surface area contributed by atoms with E-state index in [9.17, 15) is 14.7 Å². The fourth-order valence-electron chi connectivity index (χ4n) is 4.57. The molecule has 3 rings (SSSR count). The van der Waals surface area contributed by atoms with Gasteiger partial charge in [0.15, 0.2) is 0 Å². The fourth-order valence-corrected chi connectivity index (χ4v) is 4.57. The Hall–Kier alpha value is -1.64. The van der Waals surface area contributed by atoms with Crippen LogP contribution in [-0.4, -0.2) is 16.9 Å². The van der Waals surface area contributed by atoms with E-state index in [1.807, 2.05) is 18.2 Å². The molecule has 0 spiro atoms. The number of rotatable bonds is 1. The van der Waals surface area contributed by atoms with Crippen LogP contribution in [0.3, 0.4) is 0 Å². The van der Waals surface area contributed by atoms with Gasteiger partial charge in [-0.2, -0.15) is 0 Å². The lowest BCUT2D eigenvalue weighted by atomic mass is 9.49. The van der Waals surface area contributed by atoms with Crippen LogP contribution < -0.4 is 0 Å². The van der Waals surface area contributed by atoms with Gasteiger partial charge in [-0.3, -0.25) is 9.59 Å². The van der Waals surface area contributed by atoms with Crippen LogP contribution in [0.2, 0.25) is 0 Å². The maximum atomic E-state index is 12.7. The Morgan fingerprint density at radius 3 is 2.65 bits per heavy atom. The highest BCUT2D eigenvalue weighted by Gasteiger charge is 2.58. The number of ketones is 1. The van der Waals surface area contributed by atoms with Crippen LogP contribution in [0.1, 0.15) is 44.2 Å². The number of carbonyl (C=O) groups excluding carboxylic acids is 1. The monoisotopic (exact) mass is 272 g/mol. The third-order valence-electron chi connectivity index (χ3n) is 5.47. The number of Topliss-reactive ketones (excluding diaryl/α,β-unsaturated/α-hetero) is 1. The van der Waals surface area contributed by atoms with Crippen LogP contribution in [0.15, 0.2) is 24.3 Å². The van der Waals surface area contributed by atoms with Gasteiger partial charge in [-0.1, -0.05) is 37.6 Å². The van der Waals surface area contributed by atoms with Crippen molar-refractivity contribution in [2.75, 3.05) is 0 Å². The first-order valence-electron chi connectivity index (χ1n) is 7.24. The van der Waals surface area contributed by atoms with Gasteiger partial charge in [0.05, 0.1) is 5.41 Å². The SMILES string of the molecule is CC1(C(=O)O)CCCC2(C)c3ccccc3CC(=O)C12. The maximum Gasteiger partial charge on any atom is 0.310 e. The van der Waals surface area contributed by atoms with Gasteiger partial charge in [0.1, 0.15) is 5.78 Å². The van der Waals surface area contributed by atoms with E-state index >= 15 is 0 Å². The van der Waals surface area contributed by atoms with Crippen molar-refractivity contribution in [2.45, 2.75) is 44.9 Å². The van der Waals surface area contributed by atoms with E-state index in [1.54, 1.807) is 6.92 Å². The third kappa shape index (κ3) is 1.58. The van der Waals surface area contributed by atoms with Gasteiger partial charge in [0.25, 0.3) is 0 Å². The van der Waals surface area contributed by atoms with E-state index in [0.29, 0.717) is 12.8 Å². The summed E-state index contributed by atoms with van der Waals surface area (Å²) in [5, 5.41) is 9.66. The van der Waals surface area contributed by atoms with Crippen molar-refractivity contribution in [3.63, 3.8) is 0 Å². The first-order valence-corrected chi connectivity index (χ1v) is 7.24. The highest BCUT2D eigenvalue weighted by molar-refractivity contribution is 5.93. The molecule has 106 valence electrons. The van der Waals surface area contributed by atoms with Gasteiger partial charge in [-0.05, 0) is 30.9 Å². The Morgan fingerprint density at radius 2 is 1.95 bits per heavy atom. The zero-order valence-corrected chi connectivity index (χ0v) is 12.0. The van der Waals surface area contributed by atoms with E-state index < -0.39 is 17.3 Å². The smallest absolute Gasteiger partial charge is 0.310 e. The lowest BCUT2D eigenvalue weighted by molar-refractivity contribution is -0.161. The van der Waals surface area contributed by atoms with E-state index in [2.05, 4.69) is 13.0 Å². The van der Waals surface area contributed by atoms with Crippen molar-refractivity contribution < 1.29 is 14.7 Å². The lowest BCUT2D eigenvalue weighted by Gasteiger charge is -2.52. The summed E-state index contributed by atoms with van der Waals surface area (Å²) in [4.78, 5) is 24.4. The first-order chi connectivity index (χ1) is 9.39. The normalized spacial score (nSPS) is 36.1. The summed E-state index contributed by atoms with van der Waals surface area (Å²) in [7, 11) is 0. The van der Waals surface area contributed by atoms with E-state index in [4.69, 9.17) is 0 Å². The Bertz CT molecular complexity index is 592. The zero-order chi connectivity index (χ0) is 14.5. The topological polar surface area (TPSA) is 54.4 Å². The molecule has 1 N–H and O–H groups in total. The molecule has 1 aromatic rings. The predicted molar refractivity (Wildman–Crippen MR) is 75.6 cm³/mol. The van der Waals surface area contributed by atoms with Crippen molar-refractivity contribution in [1.29, 1.82) is 0 Å². The quantitative estimate of drug-likeness (QED) is 0.855. The van der Waals surface area contributed by atoms with Crippen molar-refractivity contribution >= 4 is 11.8 Å². The van der Waals surface area contributed by atoms with Gasteiger partial charge in [0.2, 0.25) is 0 Å². The van der Waals surface area contributed by atoms with Gasteiger partial charge >= 0.3 is 5.97 Å². The third-order valence-corrected chi connectivity index (χ3v) is 5.47. The Balaban J connectivity index is 2.20. The average molecular weight is 272 g/mol. The minimum Gasteiger partial charge on any atom is -0.481 e. The molecule has 0 aliphatic heterocycles. The number of carboxylic acid groups (broad SMARTS) is 1. The second kappa shape index (κ2) is 4.18. The molecule has 2 aliphatic rings. The number of benzene rings is 1. The zero-order valence-electron chi connectivity index (χ0n) is 12.0. The lowest BCUT2D eigenvalue weighted by Crippen LogP contribution is -2.56. The standard InChI is InChI=1S/C17H20O3/c1-16-8-5-9-17(2,15(19)20)14(16)13(18)10-11-6-3-4-7-12(11)16/h3-4,6-7,14H,5,8-10H2,1-2H3,(H,19,20). The van der Waals surface area contributed by atoms with E-state index in [1.165, 1.54) is 5.56 Å². The summed E-state index contributed by atoms with van der Waals surface area (Å²) in [5.74, 6) is -1.15. The molecule has 1 fully saturated rings. The molecular weight excluding hydrogens is 252 g/mol. The van der Waals surface area contributed by atoms with Gasteiger partial charge in [-0.25, -0.2) is 0 Å². The first kappa shape index (κ1) is 13.3. The minimum absolute atomic E-state index is 0.0933. The van der Waals surface area contributed by atoms with E-state index in [-0.39, 0.29) is 11.2 Å². The molecule has 1 aromatic carbocycles. The molecule has 0 heterocycles. The summed E-state index contributed by atoms with van der Waals surface area (Å²) in [6.45, 7) is 3.83. The number of aliphatic carboxylic acids is 1. The van der Waals surface area contributed by atoms with Crippen LogP contribution in [0, 0.1) is 11.3 Å². The number of hydrogen-bond donors (Lipinski definition) is 1. The Morgan fingerprint density at radius 1 is 1.25 bits per heavy atom. The number of carbonyl (C=O) groups is 2. The maximum absolute atomic E-state index is 12.7. The molecule has 0 saturated heterocycles. The second-order valence-electron chi connectivity index (χ2n) is 6.73. The van der Waals surface area contributed by atoms with Crippen molar-refractivity contribution in [3.05, 3.63) is 35.4 Å². The summed E-state index contributed by atoms with van der Waals surface area (Å²) >= 11 is 0. The number of carboxylic acids is 1. The van der Waals surface area contributed by atoms with Gasteiger partial charge in [-0.15, -0.1) is 0 Å². The molecule has 0 bridgehead atoms. The van der Waals surface area contributed by atoms with Crippen molar-refractivity contribution in [2.24, 2.45) is 11.3 Å². The molecule has 3 atom stereocenters. The number of fused-ring (bicyclic) bond motifs is 3. The van der Waals surface area contributed by atoms with Crippen LogP contribution in [-0.2, 0) is 21.4 Å². The highest BCUT2D eigenvalue weighted by atomic mass is 16.4. The number of hydrogen-bond acceptors (Lipinski definition) is 2. The molecule has 0 aromatic heterocycles. The van der Waals surface area contributed by atoms with Crippen LogP contribution in [0.25, 0.3) is 0 Å². The van der Waals surface area contributed by atoms with Gasteiger partial charge in [0, 0.05) is 17.8 Å². The molecule has 0 radical (unpaired) electrons. The van der Waals surface area contributed by atoms with Crippen molar-refractivity contribution in [1.82, 2.24) is 0 Å². The molecular formula is C17H20O3. The second-order valence-corrected chi connectivity index (χ2v) is 6.73. The molecule has 3 unspecified atom stereocenters. The Labute approximate surface area is 119 Å². The van der Waals surface area contributed by atoms with Crippen LogP contribution in [0.4, 0.5) is 0 Å².